The van der Waals surface area contributed by atoms with Crippen LogP contribution in [0.3, 0.4) is 0 Å². The second-order valence-electron chi connectivity index (χ2n) is 7.40. The lowest BCUT2D eigenvalue weighted by molar-refractivity contribution is 0.0183. The first kappa shape index (κ1) is 16.9. The fourth-order valence-electron chi connectivity index (χ4n) is 2.94. The van der Waals surface area contributed by atoms with Crippen molar-refractivity contribution in [2.45, 2.75) is 63.9 Å². The number of carbonyl (C=O) groups is 1. The number of nitrogens with zero attached hydrogens (tertiary/aromatic N) is 1. The fourth-order valence-corrected chi connectivity index (χ4v) is 4.12. The van der Waals surface area contributed by atoms with Crippen molar-refractivity contribution in [2.24, 2.45) is 5.92 Å². The van der Waals surface area contributed by atoms with Gasteiger partial charge in [0.25, 0.3) is 0 Å². The normalized spacial score (nSPS) is 27.9. The lowest BCUT2D eigenvalue weighted by Gasteiger charge is -2.33. The van der Waals surface area contributed by atoms with Crippen LogP contribution in [0.1, 0.15) is 47.0 Å². The van der Waals surface area contributed by atoms with Crippen LogP contribution in [0.5, 0.6) is 0 Å². The average molecular weight is 314 g/mol. The van der Waals surface area contributed by atoms with E-state index in [2.05, 4.69) is 24.0 Å². The topological polar surface area (TPSA) is 41.6 Å². The van der Waals surface area contributed by atoms with Gasteiger partial charge in [-0.25, -0.2) is 4.79 Å². The van der Waals surface area contributed by atoms with Gasteiger partial charge in [0.1, 0.15) is 5.60 Å². The summed E-state index contributed by atoms with van der Waals surface area (Å²) in [6, 6.07) is 0.689. The highest BCUT2D eigenvalue weighted by atomic mass is 32.2. The molecule has 0 aromatic rings. The van der Waals surface area contributed by atoms with Gasteiger partial charge in [0.15, 0.2) is 0 Å². The molecule has 2 aliphatic rings. The molecule has 2 heterocycles. The van der Waals surface area contributed by atoms with Gasteiger partial charge in [0.2, 0.25) is 0 Å². The van der Waals surface area contributed by atoms with Crippen molar-refractivity contribution in [1.29, 1.82) is 0 Å². The molecule has 2 atom stereocenters. The predicted octanol–water partition coefficient (Wildman–Crippen LogP) is 3.12. The minimum absolute atomic E-state index is 0.157. The molecule has 122 valence electrons. The number of piperidine rings is 1. The van der Waals surface area contributed by atoms with Gasteiger partial charge in [-0.15, -0.1) is 0 Å². The van der Waals surface area contributed by atoms with E-state index in [1.165, 1.54) is 12.2 Å². The summed E-state index contributed by atoms with van der Waals surface area (Å²) >= 11 is 2.07. The molecule has 1 amide bonds. The maximum Gasteiger partial charge on any atom is 0.410 e. The van der Waals surface area contributed by atoms with Crippen LogP contribution in [0.4, 0.5) is 4.79 Å². The van der Waals surface area contributed by atoms with Gasteiger partial charge >= 0.3 is 6.09 Å². The molecule has 4 nitrogen and oxygen atoms in total. The first-order valence-corrected chi connectivity index (χ1v) is 9.21. The molecule has 0 aromatic heterocycles. The Labute approximate surface area is 133 Å². The average Bonchev–Trinajstić information content (AvgIpc) is 2.81. The van der Waals surface area contributed by atoms with E-state index in [4.69, 9.17) is 4.74 Å². The molecule has 5 heteroatoms. The number of carbonyl (C=O) groups excluding carboxylic acids is 1. The van der Waals surface area contributed by atoms with Crippen molar-refractivity contribution < 1.29 is 9.53 Å². The van der Waals surface area contributed by atoms with Gasteiger partial charge in [-0.2, -0.15) is 11.8 Å². The summed E-state index contributed by atoms with van der Waals surface area (Å²) in [4.78, 5) is 13.9. The van der Waals surface area contributed by atoms with E-state index in [9.17, 15) is 4.79 Å². The van der Waals surface area contributed by atoms with Crippen LogP contribution in [0.25, 0.3) is 0 Å². The van der Waals surface area contributed by atoms with E-state index in [1.54, 1.807) is 0 Å². The molecule has 2 fully saturated rings. The molecular formula is C16H30N2O2S. The molecule has 2 unspecified atom stereocenters. The van der Waals surface area contributed by atoms with Gasteiger partial charge in [-0.05, 0) is 52.5 Å². The quantitative estimate of drug-likeness (QED) is 0.869. The van der Waals surface area contributed by atoms with Gasteiger partial charge in [0.05, 0.1) is 0 Å². The minimum Gasteiger partial charge on any atom is -0.444 e. The first-order valence-electron chi connectivity index (χ1n) is 8.16. The minimum atomic E-state index is -0.397. The number of hydrogen-bond acceptors (Lipinski definition) is 4. The van der Waals surface area contributed by atoms with Crippen molar-refractivity contribution >= 4 is 17.9 Å². The van der Waals surface area contributed by atoms with Crippen LogP contribution >= 0.6 is 11.8 Å². The summed E-state index contributed by atoms with van der Waals surface area (Å²) in [6.45, 7) is 10.8. The van der Waals surface area contributed by atoms with E-state index in [-0.39, 0.29) is 6.09 Å². The Hall–Kier alpha value is -0.420. The fraction of sp³-hybridized carbons (Fsp3) is 0.938. The van der Waals surface area contributed by atoms with E-state index < -0.39 is 5.60 Å². The number of thioether (sulfide) groups is 1. The van der Waals surface area contributed by atoms with Gasteiger partial charge in [-0.1, -0.05) is 6.92 Å². The Bertz CT molecular complexity index is 349. The molecule has 0 spiro atoms. The summed E-state index contributed by atoms with van der Waals surface area (Å²) < 4.78 is 5.43. The van der Waals surface area contributed by atoms with Crippen molar-refractivity contribution in [1.82, 2.24) is 10.2 Å². The third kappa shape index (κ3) is 5.70. The van der Waals surface area contributed by atoms with E-state index in [0.29, 0.717) is 12.0 Å². The van der Waals surface area contributed by atoms with Crippen molar-refractivity contribution in [3.63, 3.8) is 0 Å². The van der Waals surface area contributed by atoms with Crippen LogP contribution < -0.4 is 5.32 Å². The number of hydrogen-bond donors (Lipinski definition) is 1. The smallest absolute Gasteiger partial charge is 0.410 e. The maximum atomic E-state index is 12.0. The second-order valence-corrected chi connectivity index (χ2v) is 8.87. The number of ether oxygens (including phenoxy) is 1. The first-order chi connectivity index (χ1) is 9.83. The van der Waals surface area contributed by atoms with Gasteiger partial charge < -0.3 is 15.0 Å². The predicted molar refractivity (Wildman–Crippen MR) is 88.9 cm³/mol. The Morgan fingerprint density at radius 1 is 1.33 bits per heavy atom. The summed E-state index contributed by atoms with van der Waals surface area (Å²) in [5, 5.41) is 4.51. The Kier molecular flexibility index (Phi) is 5.83. The van der Waals surface area contributed by atoms with E-state index >= 15 is 0 Å². The zero-order valence-corrected chi connectivity index (χ0v) is 14.7. The summed E-state index contributed by atoms with van der Waals surface area (Å²) in [5.41, 5.74) is -0.397. The molecule has 0 aliphatic carbocycles. The van der Waals surface area contributed by atoms with Crippen molar-refractivity contribution in [2.75, 3.05) is 25.4 Å². The lowest BCUT2D eigenvalue weighted by Crippen LogP contribution is -2.44. The standard InChI is InChI=1S/C16H30N2O2S/c1-12-9-14(11-21-12)17-10-13-5-7-18(8-6-13)15(19)20-16(2,3)4/h12-14,17H,5-11H2,1-4H3. The highest BCUT2D eigenvalue weighted by Crippen LogP contribution is 2.26. The molecule has 21 heavy (non-hydrogen) atoms. The third-order valence-corrected chi connectivity index (χ3v) is 5.52. The number of amides is 1. The van der Waals surface area contributed by atoms with Crippen LogP contribution in [-0.2, 0) is 4.74 Å². The van der Waals surface area contributed by atoms with E-state index in [1.807, 2.05) is 25.7 Å². The summed E-state index contributed by atoms with van der Waals surface area (Å²) in [5.74, 6) is 1.95. The summed E-state index contributed by atoms with van der Waals surface area (Å²) in [6.07, 6.45) is 3.31. The van der Waals surface area contributed by atoms with Crippen molar-refractivity contribution in [3.05, 3.63) is 0 Å². The molecule has 0 radical (unpaired) electrons. The Balaban J connectivity index is 1.65. The van der Waals surface area contributed by atoms with Crippen LogP contribution in [0, 0.1) is 5.92 Å². The molecule has 0 bridgehead atoms. The molecule has 0 aromatic carbocycles. The van der Waals surface area contributed by atoms with Crippen LogP contribution in [0.2, 0.25) is 0 Å². The molecule has 2 saturated heterocycles. The molecule has 2 rings (SSSR count). The SMILES string of the molecule is CC1CC(NCC2CCN(C(=O)OC(C)(C)C)CC2)CS1. The van der Waals surface area contributed by atoms with Gasteiger partial charge in [0, 0.05) is 30.1 Å². The molecular weight excluding hydrogens is 284 g/mol. The monoisotopic (exact) mass is 314 g/mol. The molecule has 2 aliphatic heterocycles. The van der Waals surface area contributed by atoms with Gasteiger partial charge in [-0.3, -0.25) is 0 Å². The summed E-state index contributed by atoms with van der Waals surface area (Å²) in [7, 11) is 0. The molecule has 1 N–H and O–H groups in total. The lowest BCUT2D eigenvalue weighted by atomic mass is 9.96. The maximum absolute atomic E-state index is 12.0. The van der Waals surface area contributed by atoms with Crippen molar-refractivity contribution in [3.8, 4) is 0 Å². The van der Waals surface area contributed by atoms with Crippen LogP contribution in [-0.4, -0.2) is 53.3 Å². The number of nitrogens with one attached hydrogen (secondary N) is 1. The largest absolute Gasteiger partial charge is 0.444 e. The Morgan fingerprint density at radius 2 is 2.00 bits per heavy atom. The molecule has 0 saturated carbocycles. The number of rotatable bonds is 3. The third-order valence-electron chi connectivity index (χ3n) is 4.16. The van der Waals surface area contributed by atoms with Crippen LogP contribution in [0.15, 0.2) is 0 Å². The number of likely N-dealkylation sites (tertiary alicyclic amines) is 1. The second kappa shape index (κ2) is 7.23. The Morgan fingerprint density at radius 3 is 2.52 bits per heavy atom. The zero-order chi connectivity index (χ0) is 15.5. The highest BCUT2D eigenvalue weighted by molar-refractivity contribution is 8.00. The zero-order valence-electron chi connectivity index (χ0n) is 13.9. The highest BCUT2D eigenvalue weighted by Gasteiger charge is 2.28. The van der Waals surface area contributed by atoms with E-state index in [0.717, 1.165) is 37.7 Å².